The summed E-state index contributed by atoms with van der Waals surface area (Å²) in [7, 11) is 1.93. The predicted octanol–water partition coefficient (Wildman–Crippen LogP) is 2.04. The highest BCUT2D eigenvalue weighted by molar-refractivity contribution is 6.32. The molecule has 2 rings (SSSR count). The van der Waals surface area contributed by atoms with Crippen LogP contribution in [0.15, 0.2) is 0 Å². The molecule has 1 saturated heterocycles. The Labute approximate surface area is 110 Å². The lowest BCUT2D eigenvalue weighted by molar-refractivity contribution is 0.0685. The fourth-order valence-electron chi connectivity index (χ4n) is 1.93. The minimum absolute atomic E-state index is 0.114. The molecule has 1 aromatic rings. The van der Waals surface area contributed by atoms with E-state index < -0.39 is 0 Å². The topological polar surface area (TPSA) is 51.1 Å². The average molecular weight is 277 g/mol. The van der Waals surface area contributed by atoms with Gasteiger partial charge in [-0.05, 0) is 30.4 Å². The molecule has 2 heterocycles. The molecule has 1 aliphatic heterocycles. The van der Waals surface area contributed by atoms with E-state index in [0.29, 0.717) is 11.7 Å². The van der Waals surface area contributed by atoms with Gasteiger partial charge in [0, 0.05) is 26.8 Å². The average Bonchev–Trinajstić information content (AvgIpc) is 2.33. The van der Waals surface area contributed by atoms with E-state index in [-0.39, 0.29) is 10.4 Å². The summed E-state index contributed by atoms with van der Waals surface area (Å²) in [6, 6.07) is 0. The van der Waals surface area contributed by atoms with Crippen LogP contribution in [0.3, 0.4) is 0 Å². The minimum Gasteiger partial charge on any atom is -0.381 e. The maximum atomic E-state index is 5.95. The van der Waals surface area contributed by atoms with E-state index in [9.17, 15) is 0 Å². The Morgan fingerprint density at radius 3 is 2.71 bits per heavy atom. The van der Waals surface area contributed by atoms with Crippen LogP contribution in [0.5, 0.6) is 0 Å². The van der Waals surface area contributed by atoms with Gasteiger partial charge in [0.1, 0.15) is 0 Å². The Morgan fingerprint density at radius 1 is 1.29 bits per heavy atom. The fraction of sp³-hybridized carbons (Fsp3) is 0.700. The second-order valence-corrected chi connectivity index (χ2v) is 4.83. The van der Waals surface area contributed by atoms with Crippen LogP contribution in [0.2, 0.25) is 10.4 Å². The SMILES string of the molecule is CN(CC1CCOCC1)c1nc(Cl)nnc1Cl. The fourth-order valence-corrected chi connectivity index (χ4v) is 2.27. The van der Waals surface area contributed by atoms with Crippen LogP contribution < -0.4 is 4.90 Å². The largest absolute Gasteiger partial charge is 0.381 e. The van der Waals surface area contributed by atoms with E-state index in [2.05, 4.69) is 15.2 Å². The van der Waals surface area contributed by atoms with Crippen LogP contribution in [0.4, 0.5) is 5.82 Å². The molecule has 94 valence electrons. The third-order valence-electron chi connectivity index (χ3n) is 2.84. The van der Waals surface area contributed by atoms with Gasteiger partial charge in [0.05, 0.1) is 0 Å². The summed E-state index contributed by atoms with van der Waals surface area (Å²) in [5.74, 6) is 1.18. The quantitative estimate of drug-likeness (QED) is 0.846. The molecule has 1 fully saturated rings. The first-order chi connectivity index (χ1) is 8.16. The molecule has 1 aliphatic rings. The molecule has 7 heteroatoms. The van der Waals surface area contributed by atoms with Crippen molar-refractivity contribution < 1.29 is 4.74 Å². The van der Waals surface area contributed by atoms with Crippen LogP contribution in [0, 0.1) is 5.92 Å². The van der Waals surface area contributed by atoms with Crippen molar-refractivity contribution in [3.63, 3.8) is 0 Å². The Balaban J connectivity index is 2.02. The molecule has 1 aromatic heterocycles. The lowest BCUT2D eigenvalue weighted by Gasteiger charge is -2.27. The van der Waals surface area contributed by atoms with Crippen LogP contribution in [0.25, 0.3) is 0 Å². The van der Waals surface area contributed by atoms with Crippen LogP contribution in [0.1, 0.15) is 12.8 Å². The highest BCUT2D eigenvalue weighted by Gasteiger charge is 2.18. The van der Waals surface area contributed by atoms with E-state index in [1.54, 1.807) is 0 Å². The third-order valence-corrected chi connectivity index (χ3v) is 3.24. The summed E-state index contributed by atoms with van der Waals surface area (Å²) >= 11 is 11.7. The zero-order chi connectivity index (χ0) is 12.3. The van der Waals surface area contributed by atoms with Crippen molar-refractivity contribution in [1.29, 1.82) is 0 Å². The first kappa shape index (κ1) is 12.8. The highest BCUT2D eigenvalue weighted by Crippen LogP contribution is 2.23. The highest BCUT2D eigenvalue weighted by atomic mass is 35.5. The van der Waals surface area contributed by atoms with Gasteiger partial charge in [-0.2, -0.15) is 4.98 Å². The summed E-state index contributed by atoms with van der Waals surface area (Å²) in [4.78, 5) is 6.06. The number of rotatable bonds is 3. The van der Waals surface area contributed by atoms with Crippen molar-refractivity contribution in [3.05, 3.63) is 10.4 Å². The predicted molar refractivity (Wildman–Crippen MR) is 66.7 cm³/mol. The molecule has 0 atom stereocenters. The summed E-state index contributed by atoms with van der Waals surface area (Å²) < 4.78 is 5.33. The molecular formula is C10H14Cl2N4O. The molecule has 5 nitrogen and oxygen atoms in total. The second-order valence-electron chi connectivity index (χ2n) is 4.13. The molecule has 0 radical (unpaired) electrons. The molecule has 0 unspecified atom stereocenters. The van der Waals surface area contributed by atoms with Gasteiger partial charge in [0.15, 0.2) is 11.0 Å². The van der Waals surface area contributed by atoms with E-state index >= 15 is 0 Å². The number of nitrogens with zero attached hydrogens (tertiary/aromatic N) is 4. The van der Waals surface area contributed by atoms with Gasteiger partial charge in [0.25, 0.3) is 0 Å². The first-order valence-electron chi connectivity index (χ1n) is 5.51. The first-order valence-corrected chi connectivity index (χ1v) is 6.27. The van der Waals surface area contributed by atoms with Crippen molar-refractivity contribution in [2.24, 2.45) is 5.92 Å². The van der Waals surface area contributed by atoms with Gasteiger partial charge >= 0.3 is 0 Å². The van der Waals surface area contributed by atoms with Crippen molar-refractivity contribution >= 4 is 29.0 Å². The van der Waals surface area contributed by atoms with Gasteiger partial charge in [-0.1, -0.05) is 11.6 Å². The number of aromatic nitrogens is 3. The molecule has 0 aliphatic carbocycles. The number of anilines is 1. The van der Waals surface area contributed by atoms with Crippen LogP contribution >= 0.6 is 23.2 Å². The minimum atomic E-state index is 0.114. The second kappa shape index (κ2) is 5.80. The smallest absolute Gasteiger partial charge is 0.245 e. The summed E-state index contributed by atoms with van der Waals surface area (Å²) in [6.07, 6.45) is 2.13. The Kier molecular flexibility index (Phi) is 4.36. The number of hydrogen-bond donors (Lipinski definition) is 0. The molecule has 17 heavy (non-hydrogen) atoms. The number of halogens is 2. The standard InChI is InChI=1S/C10H14Cl2N4O/c1-16(6-7-2-4-17-5-3-7)9-8(11)14-15-10(12)13-9/h7H,2-6H2,1H3. The van der Waals surface area contributed by atoms with Crippen LogP contribution in [-0.2, 0) is 4.74 Å². The zero-order valence-corrected chi connectivity index (χ0v) is 11.1. The summed E-state index contributed by atoms with van der Waals surface area (Å²) in [5, 5.41) is 7.74. The van der Waals surface area contributed by atoms with E-state index in [1.165, 1.54) is 0 Å². The van der Waals surface area contributed by atoms with Crippen molar-refractivity contribution in [3.8, 4) is 0 Å². The van der Waals surface area contributed by atoms with Gasteiger partial charge in [0.2, 0.25) is 5.28 Å². The maximum absolute atomic E-state index is 5.95. The molecule has 0 saturated carbocycles. The zero-order valence-electron chi connectivity index (χ0n) is 9.57. The number of hydrogen-bond acceptors (Lipinski definition) is 5. The molecule has 0 bridgehead atoms. The van der Waals surface area contributed by atoms with E-state index in [1.807, 2.05) is 11.9 Å². The number of ether oxygens (including phenoxy) is 1. The Morgan fingerprint density at radius 2 is 2.00 bits per heavy atom. The van der Waals surface area contributed by atoms with Gasteiger partial charge in [-0.15, -0.1) is 10.2 Å². The van der Waals surface area contributed by atoms with Gasteiger partial charge in [-0.3, -0.25) is 0 Å². The molecule has 0 amide bonds. The van der Waals surface area contributed by atoms with Crippen LogP contribution in [-0.4, -0.2) is 42.0 Å². The van der Waals surface area contributed by atoms with Crippen molar-refractivity contribution in [2.45, 2.75) is 12.8 Å². The van der Waals surface area contributed by atoms with Gasteiger partial charge in [-0.25, -0.2) is 0 Å². The monoisotopic (exact) mass is 276 g/mol. The van der Waals surface area contributed by atoms with E-state index in [0.717, 1.165) is 32.6 Å². The Bertz CT molecular complexity index is 385. The Hall–Kier alpha value is -0.650. The third kappa shape index (κ3) is 3.40. The summed E-state index contributed by atoms with van der Waals surface area (Å²) in [6.45, 7) is 2.53. The lowest BCUT2D eigenvalue weighted by atomic mass is 10.00. The lowest BCUT2D eigenvalue weighted by Crippen LogP contribution is -2.30. The van der Waals surface area contributed by atoms with Crippen molar-refractivity contribution in [1.82, 2.24) is 15.2 Å². The van der Waals surface area contributed by atoms with E-state index in [4.69, 9.17) is 27.9 Å². The van der Waals surface area contributed by atoms with Crippen molar-refractivity contribution in [2.75, 3.05) is 31.7 Å². The maximum Gasteiger partial charge on any atom is 0.245 e. The van der Waals surface area contributed by atoms with Gasteiger partial charge < -0.3 is 9.64 Å². The molecule has 0 aromatic carbocycles. The molecule has 0 spiro atoms. The normalized spacial score (nSPS) is 17.1. The molecular weight excluding hydrogens is 263 g/mol. The summed E-state index contributed by atoms with van der Waals surface area (Å²) in [5.41, 5.74) is 0. The molecule has 0 N–H and O–H groups in total.